The summed E-state index contributed by atoms with van der Waals surface area (Å²) in [6.45, 7) is 0. The highest BCUT2D eigenvalue weighted by Crippen LogP contribution is 2.44. The first kappa shape index (κ1) is 21.5. The number of halogens is 3. The van der Waals surface area contributed by atoms with Crippen LogP contribution in [0, 0.1) is 0 Å². The van der Waals surface area contributed by atoms with E-state index in [9.17, 15) is 18.0 Å². The van der Waals surface area contributed by atoms with Gasteiger partial charge in [0.2, 0.25) is 0 Å². The molecule has 2 atom stereocenters. The molecule has 8 nitrogen and oxygen atoms in total. The Hall–Kier alpha value is -3.76. The van der Waals surface area contributed by atoms with Crippen LogP contribution in [0.2, 0.25) is 0 Å². The first-order chi connectivity index (χ1) is 15.3. The number of benzene rings is 1. The fourth-order valence-corrected chi connectivity index (χ4v) is 3.60. The minimum absolute atomic E-state index is 0.0923. The molecule has 3 aromatic rings. The van der Waals surface area contributed by atoms with Gasteiger partial charge in [0.25, 0.3) is 5.91 Å². The smallest absolute Gasteiger partial charge is 0.410 e. The molecule has 0 saturated carbocycles. The molecule has 2 N–H and O–H groups in total. The molecule has 0 radical (unpaired) electrons. The Kier molecular flexibility index (Phi) is 5.64. The quantitative estimate of drug-likeness (QED) is 0.609. The molecule has 11 heteroatoms. The third-order valence-corrected chi connectivity index (χ3v) is 5.15. The molecule has 1 aliphatic rings. The van der Waals surface area contributed by atoms with Crippen LogP contribution in [-0.2, 0) is 0 Å². The molecule has 0 saturated heterocycles. The maximum atomic E-state index is 13.9. The zero-order valence-electron chi connectivity index (χ0n) is 17.2. The largest absolute Gasteiger partial charge is 0.493 e. The van der Waals surface area contributed by atoms with E-state index in [2.05, 4.69) is 20.7 Å². The summed E-state index contributed by atoms with van der Waals surface area (Å²) in [7, 11) is 2.93. The Morgan fingerprint density at radius 3 is 2.62 bits per heavy atom. The van der Waals surface area contributed by atoms with E-state index in [4.69, 9.17) is 9.47 Å². The monoisotopic (exact) mass is 447 g/mol. The van der Waals surface area contributed by atoms with Crippen molar-refractivity contribution in [3.8, 4) is 11.5 Å². The average Bonchev–Trinajstić information content (AvgIpc) is 3.22. The highest BCUT2D eigenvalue weighted by atomic mass is 19.4. The minimum atomic E-state index is -4.56. The number of amides is 1. The Bertz CT molecular complexity index is 1120. The van der Waals surface area contributed by atoms with E-state index in [0.717, 1.165) is 4.68 Å². The van der Waals surface area contributed by atoms with Crippen LogP contribution < -0.4 is 20.1 Å². The molecule has 168 valence electrons. The zero-order valence-corrected chi connectivity index (χ0v) is 17.2. The topological polar surface area (TPSA) is 90.3 Å². The van der Waals surface area contributed by atoms with Gasteiger partial charge in [0.1, 0.15) is 5.82 Å². The highest BCUT2D eigenvalue weighted by molar-refractivity contribution is 6.03. The van der Waals surface area contributed by atoms with E-state index >= 15 is 0 Å². The summed E-state index contributed by atoms with van der Waals surface area (Å²) in [6.07, 6.45) is -1.90. The van der Waals surface area contributed by atoms with Crippen LogP contribution in [0.15, 0.2) is 48.8 Å². The van der Waals surface area contributed by atoms with Gasteiger partial charge in [0, 0.05) is 18.7 Å². The van der Waals surface area contributed by atoms with Gasteiger partial charge in [-0.15, -0.1) is 0 Å². The molecule has 0 bridgehead atoms. The van der Waals surface area contributed by atoms with Gasteiger partial charge in [-0.05, 0) is 29.8 Å². The van der Waals surface area contributed by atoms with E-state index in [1.807, 2.05) is 0 Å². The van der Waals surface area contributed by atoms with Crippen LogP contribution in [0.3, 0.4) is 0 Å². The van der Waals surface area contributed by atoms with Gasteiger partial charge in [-0.1, -0.05) is 6.07 Å². The average molecular weight is 447 g/mol. The van der Waals surface area contributed by atoms with E-state index in [1.165, 1.54) is 32.7 Å². The van der Waals surface area contributed by atoms with E-state index < -0.39 is 24.2 Å². The summed E-state index contributed by atoms with van der Waals surface area (Å²) in [5.41, 5.74) is 0.858. The van der Waals surface area contributed by atoms with Gasteiger partial charge in [-0.25, -0.2) is 4.68 Å². The zero-order chi connectivity index (χ0) is 22.9. The fourth-order valence-electron chi connectivity index (χ4n) is 3.60. The van der Waals surface area contributed by atoms with Crippen molar-refractivity contribution >= 4 is 17.4 Å². The number of hydrogen-bond acceptors (Lipinski definition) is 6. The van der Waals surface area contributed by atoms with Crippen molar-refractivity contribution < 1.29 is 27.4 Å². The van der Waals surface area contributed by atoms with Crippen LogP contribution in [-0.4, -0.2) is 41.1 Å². The molecule has 2 aromatic heterocycles. The van der Waals surface area contributed by atoms with Crippen LogP contribution in [0.1, 0.15) is 34.6 Å². The number of methoxy groups -OCH3 is 2. The van der Waals surface area contributed by atoms with Gasteiger partial charge in [-0.2, -0.15) is 18.3 Å². The Labute approximate surface area is 181 Å². The predicted molar refractivity (Wildman–Crippen MR) is 110 cm³/mol. The Morgan fingerprint density at radius 1 is 1.19 bits per heavy atom. The highest BCUT2D eigenvalue weighted by Gasteiger charge is 2.47. The van der Waals surface area contributed by atoms with Crippen molar-refractivity contribution in [3.63, 3.8) is 0 Å². The summed E-state index contributed by atoms with van der Waals surface area (Å²) in [4.78, 5) is 16.4. The van der Waals surface area contributed by atoms with Crippen molar-refractivity contribution in [2.45, 2.75) is 24.7 Å². The van der Waals surface area contributed by atoms with E-state index in [-0.39, 0.29) is 17.9 Å². The van der Waals surface area contributed by atoms with Crippen molar-refractivity contribution in [1.82, 2.24) is 14.8 Å². The maximum Gasteiger partial charge on any atom is 0.410 e. The molecule has 32 heavy (non-hydrogen) atoms. The maximum absolute atomic E-state index is 13.9. The van der Waals surface area contributed by atoms with Gasteiger partial charge < -0.3 is 20.1 Å². The lowest BCUT2D eigenvalue weighted by Crippen LogP contribution is -2.35. The molecule has 1 amide bonds. The first-order valence-corrected chi connectivity index (χ1v) is 9.66. The Balaban J connectivity index is 1.66. The van der Waals surface area contributed by atoms with Gasteiger partial charge in [0.15, 0.2) is 23.2 Å². The normalized spacial score (nSPS) is 17.8. The third kappa shape index (κ3) is 4.18. The molecule has 0 spiro atoms. The third-order valence-electron chi connectivity index (χ3n) is 5.15. The lowest BCUT2D eigenvalue weighted by Gasteiger charge is -2.33. The molecule has 4 rings (SSSR count). The lowest BCUT2D eigenvalue weighted by molar-refractivity contribution is -0.173. The number of fused-ring (bicyclic) bond motifs is 1. The number of nitrogens with one attached hydrogen (secondary N) is 2. The molecule has 1 aliphatic heterocycles. The van der Waals surface area contributed by atoms with Crippen LogP contribution in [0.25, 0.3) is 0 Å². The van der Waals surface area contributed by atoms with E-state index in [1.54, 1.807) is 30.3 Å². The summed E-state index contributed by atoms with van der Waals surface area (Å²) in [5, 5.41) is 9.57. The van der Waals surface area contributed by atoms with E-state index in [0.29, 0.717) is 22.7 Å². The molecule has 0 fully saturated rings. The fraction of sp³-hybridized carbons (Fsp3) is 0.286. The van der Waals surface area contributed by atoms with Crippen molar-refractivity contribution in [2.24, 2.45) is 0 Å². The molecular weight excluding hydrogens is 427 g/mol. The van der Waals surface area contributed by atoms with Crippen LogP contribution in [0.5, 0.6) is 11.5 Å². The summed E-state index contributed by atoms with van der Waals surface area (Å²) in [5.74, 6) is 0.338. The molecule has 0 aliphatic carbocycles. The first-order valence-electron chi connectivity index (χ1n) is 9.66. The summed E-state index contributed by atoms with van der Waals surface area (Å²) in [6, 6.07) is 6.90. The predicted octanol–water partition coefficient (Wildman–Crippen LogP) is 4.21. The minimum Gasteiger partial charge on any atom is -0.493 e. The standard InChI is InChI=1S/C21H20F3N5O3/c1-31-16-6-5-12(8-17(16)32-2)14-9-18(21(22,23)24)29-19(27-14)10-15(28-29)20(30)26-13-4-3-7-25-11-13/h3-8,10-11,14,18,27H,9H2,1-2H3,(H,26,30)/t14-,18-/m0/s1. The summed E-state index contributed by atoms with van der Waals surface area (Å²) >= 11 is 0. The molecule has 1 aromatic carbocycles. The number of aromatic nitrogens is 3. The SMILES string of the molecule is COc1ccc([C@@H]2C[C@@H](C(F)(F)F)n3nc(C(=O)Nc4cccnc4)cc3N2)cc1OC. The van der Waals surface area contributed by atoms with Crippen LogP contribution >= 0.6 is 0 Å². The number of anilines is 2. The number of carbonyl (C=O) groups is 1. The van der Waals surface area contributed by atoms with Gasteiger partial charge in [0.05, 0.1) is 32.1 Å². The summed E-state index contributed by atoms with van der Waals surface area (Å²) < 4.78 is 53.0. The van der Waals surface area contributed by atoms with Crippen molar-refractivity contribution in [3.05, 3.63) is 60.0 Å². The van der Waals surface area contributed by atoms with Crippen LogP contribution in [0.4, 0.5) is 24.7 Å². The van der Waals surface area contributed by atoms with Gasteiger partial charge in [-0.3, -0.25) is 9.78 Å². The molecule has 0 unspecified atom stereocenters. The second kappa shape index (κ2) is 8.40. The Morgan fingerprint density at radius 2 is 1.97 bits per heavy atom. The molecular formula is C21H20F3N5O3. The second-order valence-electron chi connectivity index (χ2n) is 7.16. The number of alkyl halides is 3. The van der Waals surface area contributed by atoms with Crippen molar-refractivity contribution in [2.75, 3.05) is 24.9 Å². The lowest BCUT2D eigenvalue weighted by atomic mass is 9.96. The number of pyridine rings is 1. The molecule has 3 heterocycles. The van der Waals surface area contributed by atoms with Crippen molar-refractivity contribution in [1.29, 1.82) is 0 Å². The van der Waals surface area contributed by atoms with Gasteiger partial charge >= 0.3 is 6.18 Å². The number of rotatable bonds is 5. The second-order valence-corrected chi connectivity index (χ2v) is 7.16. The number of hydrogen-bond donors (Lipinski definition) is 2. The number of nitrogens with zero attached hydrogens (tertiary/aromatic N) is 3. The number of carbonyl (C=O) groups excluding carboxylic acids is 1. The number of ether oxygens (including phenoxy) is 2.